The molecular formula is C17H19ClN2O5S. The van der Waals surface area contributed by atoms with Gasteiger partial charge in [0.2, 0.25) is 10.0 Å². The van der Waals surface area contributed by atoms with Crippen LogP contribution in [-0.2, 0) is 10.0 Å². The lowest BCUT2D eigenvalue weighted by atomic mass is 9.97. The van der Waals surface area contributed by atoms with Crippen LogP contribution < -0.4 is 9.46 Å². The number of hydrogen-bond donors (Lipinski definition) is 1. The molecule has 0 aliphatic heterocycles. The van der Waals surface area contributed by atoms with E-state index in [2.05, 4.69) is 4.72 Å². The van der Waals surface area contributed by atoms with Gasteiger partial charge in [-0.25, -0.2) is 13.1 Å². The Hall–Kier alpha value is -2.16. The number of nitro benzene ring substituents is 1. The van der Waals surface area contributed by atoms with Crippen molar-refractivity contribution in [2.45, 2.75) is 24.8 Å². The van der Waals surface area contributed by atoms with Gasteiger partial charge < -0.3 is 4.74 Å². The summed E-state index contributed by atoms with van der Waals surface area (Å²) < 4.78 is 33.5. The van der Waals surface area contributed by atoms with Crippen molar-refractivity contribution in [3.05, 3.63) is 63.2 Å². The molecule has 0 heterocycles. The average Bonchev–Trinajstić information content (AvgIpc) is 2.59. The maximum absolute atomic E-state index is 12.9. The molecule has 2 rings (SSSR count). The molecule has 1 N–H and O–H groups in total. The van der Waals surface area contributed by atoms with Crippen LogP contribution in [0.2, 0.25) is 5.02 Å². The van der Waals surface area contributed by atoms with E-state index in [0.717, 1.165) is 11.6 Å². The Balaban J connectivity index is 2.47. The summed E-state index contributed by atoms with van der Waals surface area (Å²) in [5.41, 5.74) is 0.399. The third-order valence-electron chi connectivity index (χ3n) is 3.83. The summed E-state index contributed by atoms with van der Waals surface area (Å²) in [4.78, 5) is 10.1. The molecule has 0 aliphatic rings. The molecule has 9 heteroatoms. The van der Waals surface area contributed by atoms with E-state index in [1.54, 1.807) is 24.3 Å². The number of nitro groups is 1. The van der Waals surface area contributed by atoms with E-state index in [4.69, 9.17) is 16.3 Å². The molecule has 0 saturated carbocycles. The van der Waals surface area contributed by atoms with Gasteiger partial charge in [0.1, 0.15) is 10.6 Å². The van der Waals surface area contributed by atoms with Gasteiger partial charge in [-0.3, -0.25) is 10.1 Å². The normalized spacial score (nSPS) is 12.8. The lowest BCUT2D eigenvalue weighted by Crippen LogP contribution is -2.32. The first-order valence-electron chi connectivity index (χ1n) is 7.76. The molecule has 0 saturated heterocycles. The summed E-state index contributed by atoms with van der Waals surface area (Å²) in [5, 5.41) is 11.5. The fraction of sp³-hybridized carbons (Fsp3) is 0.294. The number of sulfonamides is 1. The number of methoxy groups -OCH3 is 1. The monoisotopic (exact) mass is 398 g/mol. The number of nitrogens with one attached hydrogen (secondary N) is 1. The Kier molecular flexibility index (Phi) is 6.22. The third-order valence-corrected chi connectivity index (χ3v) is 5.54. The lowest BCUT2D eigenvalue weighted by molar-refractivity contribution is -0.385. The number of rotatable bonds is 7. The first-order chi connectivity index (χ1) is 12.2. The molecule has 7 nitrogen and oxygen atoms in total. The minimum Gasteiger partial charge on any atom is -0.495 e. The van der Waals surface area contributed by atoms with Gasteiger partial charge in [0.05, 0.1) is 12.0 Å². The number of halogens is 1. The highest BCUT2D eigenvalue weighted by Gasteiger charge is 2.28. The van der Waals surface area contributed by atoms with E-state index >= 15 is 0 Å². The Bertz CT molecular complexity index is 898. The Morgan fingerprint density at radius 2 is 1.77 bits per heavy atom. The van der Waals surface area contributed by atoms with Crippen molar-refractivity contribution >= 4 is 27.3 Å². The number of nitrogens with zero attached hydrogens (tertiary/aromatic N) is 1. The number of ether oxygens (including phenoxy) is 1. The summed E-state index contributed by atoms with van der Waals surface area (Å²) in [6, 6.07) is 9.72. The fourth-order valence-corrected chi connectivity index (χ4v) is 4.17. The molecule has 0 bridgehead atoms. The Labute approximate surface area is 157 Å². The predicted molar refractivity (Wildman–Crippen MR) is 99.0 cm³/mol. The van der Waals surface area contributed by atoms with E-state index in [9.17, 15) is 18.5 Å². The Morgan fingerprint density at radius 3 is 2.27 bits per heavy atom. The first-order valence-corrected chi connectivity index (χ1v) is 9.62. The van der Waals surface area contributed by atoms with Crippen LogP contribution >= 0.6 is 11.6 Å². The van der Waals surface area contributed by atoms with Gasteiger partial charge in [-0.1, -0.05) is 37.6 Å². The van der Waals surface area contributed by atoms with Gasteiger partial charge in [0.25, 0.3) is 5.69 Å². The minimum absolute atomic E-state index is 0.0294. The highest BCUT2D eigenvalue weighted by atomic mass is 35.5. The molecule has 0 amide bonds. The van der Waals surface area contributed by atoms with Gasteiger partial charge in [0.15, 0.2) is 0 Å². The quantitative estimate of drug-likeness (QED) is 0.562. The second-order valence-electron chi connectivity index (χ2n) is 5.99. The highest BCUT2D eigenvalue weighted by molar-refractivity contribution is 7.89. The average molecular weight is 399 g/mol. The van der Waals surface area contributed by atoms with Crippen LogP contribution in [-0.4, -0.2) is 20.5 Å². The summed E-state index contributed by atoms with van der Waals surface area (Å²) in [6.45, 7) is 3.74. The standard InChI is InChI=1S/C17H19ClN2O5S/c1-11(2)17(12-4-6-13(18)7-5-12)19-26(23,24)16-10-14(20(21)22)8-9-15(16)25-3/h4-11,17,19H,1-3H3. The molecule has 1 atom stereocenters. The second-order valence-corrected chi connectivity index (χ2v) is 8.11. The first kappa shape index (κ1) is 20.2. The van der Waals surface area contributed by atoms with Gasteiger partial charge >= 0.3 is 0 Å². The molecular weight excluding hydrogens is 380 g/mol. The second kappa shape index (κ2) is 8.03. The molecule has 0 aliphatic carbocycles. The van der Waals surface area contributed by atoms with E-state index < -0.39 is 21.0 Å². The topological polar surface area (TPSA) is 98.5 Å². The zero-order valence-corrected chi connectivity index (χ0v) is 16.0. The smallest absolute Gasteiger partial charge is 0.271 e. The van der Waals surface area contributed by atoms with Gasteiger partial charge in [-0.2, -0.15) is 0 Å². The van der Waals surface area contributed by atoms with Crippen LogP contribution in [0.5, 0.6) is 5.75 Å². The fourth-order valence-electron chi connectivity index (χ4n) is 2.48. The molecule has 1 unspecified atom stereocenters. The molecule has 2 aromatic carbocycles. The summed E-state index contributed by atoms with van der Waals surface area (Å²) in [5.74, 6) is -0.0441. The zero-order chi connectivity index (χ0) is 19.5. The van der Waals surface area contributed by atoms with Crippen molar-refractivity contribution in [2.75, 3.05) is 7.11 Å². The maximum Gasteiger partial charge on any atom is 0.271 e. The van der Waals surface area contributed by atoms with Gasteiger partial charge in [-0.15, -0.1) is 0 Å². The van der Waals surface area contributed by atoms with Crippen LogP contribution in [0.3, 0.4) is 0 Å². The van der Waals surface area contributed by atoms with Crippen molar-refractivity contribution in [1.29, 1.82) is 0 Å². The lowest BCUT2D eigenvalue weighted by Gasteiger charge is -2.23. The largest absolute Gasteiger partial charge is 0.495 e. The van der Waals surface area contributed by atoms with E-state index in [0.29, 0.717) is 5.02 Å². The van der Waals surface area contributed by atoms with Gasteiger partial charge in [0, 0.05) is 23.2 Å². The predicted octanol–water partition coefficient (Wildman–Crippen LogP) is 3.93. The molecule has 0 fully saturated rings. The van der Waals surface area contributed by atoms with Crippen molar-refractivity contribution in [1.82, 2.24) is 4.72 Å². The maximum atomic E-state index is 12.9. The molecule has 0 radical (unpaired) electrons. The van der Waals surface area contributed by atoms with E-state index in [1.807, 2.05) is 13.8 Å². The molecule has 26 heavy (non-hydrogen) atoms. The minimum atomic E-state index is -4.07. The number of non-ortho nitro benzene ring substituents is 1. The van der Waals surface area contributed by atoms with Crippen LogP contribution in [0.25, 0.3) is 0 Å². The van der Waals surface area contributed by atoms with Crippen molar-refractivity contribution in [3.63, 3.8) is 0 Å². The van der Waals surface area contributed by atoms with Crippen LogP contribution in [0, 0.1) is 16.0 Å². The van der Waals surface area contributed by atoms with E-state index in [1.165, 1.54) is 19.2 Å². The molecule has 140 valence electrons. The molecule has 2 aromatic rings. The third kappa shape index (κ3) is 4.51. The number of benzene rings is 2. The van der Waals surface area contributed by atoms with Crippen LogP contribution in [0.15, 0.2) is 47.4 Å². The van der Waals surface area contributed by atoms with E-state index in [-0.39, 0.29) is 22.3 Å². The van der Waals surface area contributed by atoms with Crippen molar-refractivity contribution in [3.8, 4) is 5.75 Å². The zero-order valence-electron chi connectivity index (χ0n) is 14.5. The number of hydrogen-bond acceptors (Lipinski definition) is 5. The van der Waals surface area contributed by atoms with Crippen molar-refractivity contribution in [2.24, 2.45) is 5.92 Å². The summed E-state index contributed by atoms with van der Waals surface area (Å²) >= 11 is 5.89. The van der Waals surface area contributed by atoms with Gasteiger partial charge in [-0.05, 0) is 29.7 Å². The molecule has 0 spiro atoms. The molecule has 0 aromatic heterocycles. The summed E-state index contributed by atoms with van der Waals surface area (Å²) in [6.07, 6.45) is 0. The highest BCUT2D eigenvalue weighted by Crippen LogP contribution is 2.31. The Morgan fingerprint density at radius 1 is 1.15 bits per heavy atom. The SMILES string of the molecule is COc1ccc([N+](=O)[O-])cc1S(=O)(=O)NC(c1ccc(Cl)cc1)C(C)C. The summed E-state index contributed by atoms with van der Waals surface area (Å²) in [7, 11) is -2.77. The van der Waals surface area contributed by atoms with Crippen LogP contribution in [0.4, 0.5) is 5.69 Å². The van der Waals surface area contributed by atoms with Crippen molar-refractivity contribution < 1.29 is 18.1 Å². The van der Waals surface area contributed by atoms with Crippen LogP contribution in [0.1, 0.15) is 25.5 Å².